The van der Waals surface area contributed by atoms with Crippen molar-refractivity contribution < 1.29 is 18.0 Å². The van der Waals surface area contributed by atoms with Crippen molar-refractivity contribution in [3.63, 3.8) is 0 Å². The summed E-state index contributed by atoms with van der Waals surface area (Å²) in [5, 5.41) is 0. The van der Waals surface area contributed by atoms with Crippen LogP contribution in [-0.2, 0) is 17.4 Å². The van der Waals surface area contributed by atoms with Crippen molar-refractivity contribution >= 4 is 21.7 Å². The standard InChI is InChI=1S/C10H8BrF3O/c1-6(15)5-7-3-2-4-8(11)9(7)10(12,13)14/h2-4H,5H2,1H3. The molecule has 15 heavy (non-hydrogen) atoms. The second-order valence-electron chi connectivity index (χ2n) is 3.15. The molecule has 0 heterocycles. The molecule has 0 bridgehead atoms. The molecule has 82 valence electrons. The molecule has 0 aromatic heterocycles. The van der Waals surface area contributed by atoms with Gasteiger partial charge in [0.15, 0.2) is 0 Å². The predicted octanol–water partition coefficient (Wildman–Crippen LogP) is 3.60. The SMILES string of the molecule is CC(=O)Cc1cccc(Br)c1C(F)(F)F. The molecule has 1 aromatic rings. The van der Waals surface area contributed by atoms with E-state index < -0.39 is 11.7 Å². The van der Waals surface area contributed by atoms with Crippen LogP contribution >= 0.6 is 15.9 Å². The second-order valence-corrected chi connectivity index (χ2v) is 4.00. The molecule has 1 rings (SSSR count). The van der Waals surface area contributed by atoms with Gasteiger partial charge in [-0.1, -0.05) is 28.1 Å². The summed E-state index contributed by atoms with van der Waals surface area (Å²) in [6.07, 6.45) is -4.64. The molecule has 1 nitrogen and oxygen atoms in total. The topological polar surface area (TPSA) is 17.1 Å². The van der Waals surface area contributed by atoms with Crippen LogP contribution in [0.4, 0.5) is 13.2 Å². The van der Waals surface area contributed by atoms with Crippen molar-refractivity contribution in [2.24, 2.45) is 0 Å². The summed E-state index contributed by atoms with van der Waals surface area (Å²) in [7, 11) is 0. The molecule has 0 spiro atoms. The third-order valence-corrected chi connectivity index (χ3v) is 2.48. The number of ketones is 1. The molecule has 0 N–H and O–H groups in total. The van der Waals surface area contributed by atoms with E-state index in [1.54, 1.807) is 0 Å². The number of benzene rings is 1. The van der Waals surface area contributed by atoms with Crippen LogP contribution < -0.4 is 0 Å². The number of alkyl halides is 3. The molecule has 0 radical (unpaired) electrons. The Morgan fingerprint density at radius 3 is 2.47 bits per heavy atom. The Bertz CT molecular complexity index is 385. The number of rotatable bonds is 2. The molecule has 0 saturated heterocycles. The van der Waals surface area contributed by atoms with Crippen molar-refractivity contribution in [2.45, 2.75) is 19.5 Å². The number of carbonyl (C=O) groups is 1. The molecule has 0 aliphatic heterocycles. The van der Waals surface area contributed by atoms with Gasteiger partial charge in [0.2, 0.25) is 0 Å². The quantitative estimate of drug-likeness (QED) is 0.809. The highest BCUT2D eigenvalue weighted by molar-refractivity contribution is 9.10. The molecular formula is C10H8BrF3O. The molecule has 0 aliphatic rings. The van der Waals surface area contributed by atoms with E-state index in [0.29, 0.717) is 0 Å². The van der Waals surface area contributed by atoms with Crippen molar-refractivity contribution in [1.29, 1.82) is 0 Å². The highest BCUT2D eigenvalue weighted by Gasteiger charge is 2.35. The van der Waals surface area contributed by atoms with Gasteiger partial charge in [-0.2, -0.15) is 13.2 Å². The van der Waals surface area contributed by atoms with Crippen LogP contribution in [0.2, 0.25) is 0 Å². The highest BCUT2D eigenvalue weighted by atomic mass is 79.9. The fourth-order valence-electron chi connectivity index (χ4n) is 1.30. The molecule has 1 aromatic carbocycles. The van der Waals surface area contributed by atoms with Gasteiger partial charge in [-0.05, 0) is 18.6 Å². The van der Waals surface area contributed by atoms with Gasteiger partial charge in [0.1, 0.15) is 5.78 Å². The smallest absolute Gasteiger partial charge is 0.300 e. The Balaban J connectivity index is 3.27. The second kappa shape index (κ2) is 4.35. The summed E-state index contributed by atoms with van der Waals surface area (Å²) in [5.74, 6) is -0.293. The number of hydrogen-bond donors (Lipinski definition) is 0. The monoisotopic (exact) mass is 280 g/mol. The molecule has 5 heteroatoms. The van der Waals surface area contributed by atoms with Gasteiger partial charge in [0.25, 0.3) is 0 Å². The summed E-state index contributed by atoms with van der Waals surface area (Å²) in [5.41, 5.74) is -0.760. The Morgan fingerprint density at radius 2 is 2.00 bits per heavy atom. The highest BCUT2D eigenvalue weighted by Crippen LogP contribution is 2.37. The van der Waals surface area contributed by atoms with E-state index in [1.165, 1.54) is 25.1 Å². The van der Waals surface area contributed by atoms with Gasteiger partial charge in [0.05, 0.1) is 5.56 Å². The molecule has 0 fully saturated rings. The lowest BCUT2D eigenvalue weighted by atomic mass is 10.0. The van der Waals surface area contributed by atoms with Crippen LogP contribution in [0.15, 0.2) is 22.7 Å². The van der Waals surface area contributed by atoms with Crippen LogP contribution in [0.5, 0.6) is 0 Å². The van der Waals surface area contributed by atoms with E-state index in [2.05, 4.69) is 15.9 Å². The lowest BCUT2D eigenvalue weighted by Crippen LogP contribution is -2.12. The third kappa shape index (κ3) is 3.06. The van der Waals surface area contributed by atoms with E-state index in [0.717, 1.165) is 0 Å². The van der Waals surface area contributed by atoms with E-state index in [9.17, 15) is 18.0 Å². The minimum atomic E-state index is -4.44. The van der Waals surface area contributed by atoms with Gasteiger partial charge in [-0.15, -0.1) is 0 Å². The maximum atomic E-state index is 12.6. The Labute approximate surface area is 93.4 Å². The van der Waals surface area contributed by atoms with Crippen LogP contribution in [-0.4, -0.2) is 5.78 Å². The summed E-state index contributed by atoms with van der Waals surface area (Å²) in [6, 6.07) is 4.11. The van der Waals surface area contributed by atoms with Crippen LogP contribution in [0.25, 0.3) is 0 Å². The maximum Gasteiger partial charge on any atom is 0.417 e. The summed E-state index contributed by atoms with van der Waals surface area (Å²) in [4.78, 5) is 10.8. The van der Waals surface area contributed by atoms with Crippen molar-refractivity contribution in [3.8, 4) is 0 Å². The van der Waals surface area contributed by atoms with Crippen LogP contribution in [0.3, 0.4) is 0 Å². The van der Waals surface area contributed by atoms with Crippen molar-refractivity contribution in [2.75, 3.05) is 0 Å². The summed E-state index contributed by atoms with van der Waals surface area (Å²) >= 11 is 2.84. The molecule has 0 saturated carbocycles. The van der Waals surface area contributed by atoms with Crippen LogP contribution in [0, 0.1) is 0 Å². The first kappa shape index (κ1) is 12.2. The summed E-state index contributed by atoms with van der Waals surface area (Å²) < 4.78 is 37.8. The lowest BCUT2D eigenvalue weighted by molar-refractivity contribution is -0.138. The predicted molar refractivity (Wildman–Crippen MR) is 53.5 cm³/mol. The molecule has 0 amide bonds. The maximum absolute atomic E-state index is 12.6. The first-order chi connectivity index (χ1) is 6.82. The molecular weight excluding hydrogens is 273 g/mol. The van der Waals surface area contributed by atoms with Crippen molar-refractivity contribution in [3.05, 3.63) is 33.8 Å². The largest absolute Gasteiger partial charge is 0.417 e. The average Bonchev–Trinajstić information content (AvgIpc) is 1.99. The molecule has 0 unspecified atom stereocenters. The normalized spacial score (nSPS) is 11.5. The van der Waals surface area contributed by atoms with E-state index in [1.807, 2.05) is 0 Å². The fourth-order valence-corrected chi connectivity index (χ4v) is 1.93. The Morgan fingerprint density at radius 1 is 1.40 bits per heavy atom. The number of hydrogen-bond acceptors (Lipinski definition) is 1. The Hall–Kier alpha value is -0.840. The van der Waals surface area contributed by atoms with Crippen molar-refractivity contribution in [1.82, 2.24) is 0 Å². The molecule has 0 aliphatic carbocycles. The molecule has 0 atom stereocenters. The van der Waals surface area contributed by atoms with E-state index >= 15 is 0 Å². The zero-order valence-electron chi connectivity index (χ0n) is 7.86. The zero-order valence-corrected chi connectivity index (χ0v) is 9.45. The number of halogens is 4. The number of carbonyl (C=O) groups excluding carboxylic acids is 1. The number of Topliss-reactive ketones (excluding diaryl/α,β-unsaturated/α-hetero) is 1. The fraction of sp³-hybridized carbons (Fsp3) is 0.300. The van der Waals surface area contributed by atoms with Gasteiger partial charge in [-0.3, -0.25) is 4.79 Å². The third-order valence-electron chi connectivity index (χ3n) is 1.82. The average molecular weight is 281 g/mol. The van der Waals surface area contributed by atoms with E-state index in [-0.39, 0.29) is 22.2 Å². The first-order valence-electron chi connectivity index (χ1n) is 4.16. The minimum Gasteiger partial charge on any atom is -0.300 e. The minimum absolute atomic E-state index is 0.00405. The van der Waals surface area contributed by atoms with Gasteiger partial charge < -0.3 is 0 Å². The zero-order chi connectivity index (χ0) is 11.6. The van der Waals surface area contributed by atoms with Gasteiger partial charge in [-0.25, -0.2) is 0 Å². The van der Waals surface area contributed by atoms with Gasteiger partial charge in [0, 0.05) is 10.9 Å². The van der Waals surface area contributed by atoms with Crippen LogP contribution in [0.1, 0.15) is 18.1 Å². The first-order valence-corrected chi connectivity index (χ1v) is 4.95. The van der Waals surface area contributed by atoms with E-state index in [4.69, 9.17) is 0 Å². The van der Waals surface area contributed by atoms with Gasteiger partial charge >= 0.3 is 6.18 Å². The lowest BCUT2D eigenvalue weighted by Gasteiger charge is -2.13. The summed E-state index contributed by atoms with van der Waals surface area (Å²) in [6.45, 7) is 1.26. The Kier molecular flexibility index (Phi) is 3.54.